The van der Waals surface area contributed by atoms with Crippen molar-refractivity contribution in [2.24, 2.45) is 11.3 Å². The van der Waals surface area contributed by atoms with Crippen LogP contribution in [0.2, 0.25) is 0 Å². The van der Waals surface area contributed by atoms with Gasteiger partial charge in [-0.3, -0.25) is 4.79 Å². The smallest absolute Gasteiger partial charge is 0.336 e. The Morgan fingerprint density at radius 2 is 1.87 bits per heavy atom. The second-order valence-electron chi connectivity index (χ2n) is 9.77. The fraction of sp³-hybridized carbons (Fsp3) is 0.520. The van der Waals surface area contributed by atoms with Gasteiger partial charge in [0.15, 0.2) is 11.5 Å². The molecule has 2 heterocycles. The molecule has 2 aliphatic heterocycles. The van der Waals surface area contributed by atoms with Crippen molar-refractivity contribution in [1.82, 2.24) is 5.32 Å². The Balaban J connectivity index is 1.60. The van der Waals surface area contributed by atoms with Gasteiger partial charge in [0.1, 0.15) is 11.9 Å². The molecule has 31 heavy (non-hydrogen) atoms. The molecule has 1 fully saturated rings. The van der Waals surface area contributed by atoms with Crippen LogP contribution in [0.1, 0.15) is 64.4 Å². The summed E-state index contributed by atoms with van der Waals surface area (Å²) in [5.74, 6) is 0.280. The zero-order chi connectivity index (χ0) is 21.8. The van der Waals surface area contributed by atoms with Crippen molar-refractivity contribution >= 4 is 11.8 Å². The van der Waals surface area contributed by atoms with E-state index in [4.69, 9.17) is 14.2 Å². The number of ketones is 1. The molecule has 0 amide bonds. The second kappa shape index (κ2) is 7.43. The van der Waals surface area contributed by atoms with Crippen LogP contribution in [0.25, 0.3) is 0 Å². The third-order valence-corrected chi connectivity index (χ3v) is 6.79. The first-order chi connectivity index (χ1) is 14.8. The Morgan fingerprint density at radius 1 is 1.13 bits per heavy atom. The van der Waals surface area contributed by atoms with Crippen molar-refractivity contribution in [2.45, 2.75) is 64.9 Å². The minimum atomic E-state index is -0.441. The minimum Gasteiger partial charge on any atom is -0.459 e. The number of carbonyl (C=O) groups excluding carboxylic acids is 2. The van der Waals surface area contributed by atoms with E-state index in [2.05, 4.69) is 25.2 Å². The number of Topliss-reactive ketones (excluding diaryl/α,β-unsaturated/α-hetero) is 1. The van der Waals surface area contributed by atoms with E-state index in [1.807, 2.05) is 25.1 Å². The average Bonchev–Trinajstić information content (AvgIpc) is 3.36. The van der Waals surface area contributed by atoms with E-state index in [9.17, 15) is 9.59 Å². The van der Waals surface area contributed by atoms with Gasteiger partial charge in [0.25, 0.3) is 0 Å². The Morgan fingerprint density at radius 3 is 2.65 bits per heavy atom. The predicted molar refractivity (Wildman–Crippen MR) is 114 cm³/mol. The Labute approximate surface area is 182 Å². The Kier molecular flexibility index (Phi) is 4.83. The maximum Gasteiger partial charge on any atom is 0.336 e. The van der Waals surface area contributed by atoms with Gasteiger partial charge < -0.3 is 19.5 Å². The first kappa shape index (κ1) is 20.2. The SMILES string of the molecule is CC1=C(C(=O)OC2CCCC2)C(c2ccc3c(c2)OCO3)C2C(=O)CC(C)(C)C=C2N1. The molecule has 0 saturated heterocycles. The van der Waals surface area contributed by atoms with Gasteiger partial charge in [0.2, 0.25) is 6.79 Å². The predicted octanol–water partition coefficient (Wildman–Crippen LogP) is 4.36. The summed E-state index contributed by atoms with van der Waals surface area (Å²) >= 11 is 0. The molecule has 1 aromatic rings. The lowest BCUT2D eigenvalue weighted by molar-refractivity contribution is -0.144. The average molecular weight is 424 g/mol. The molecular formula is C25H29NO5. The second-order valence-corrected chi connectivity index (χ2v) is 9.77. The Hall–Kier alpha value is -2.76. The molecule has 1 N–H and O–H groups in total. The van der Waals surface area contributed by atoms with Crippen LogP contribution in [-0.2, 0) is 14.3 Å². The molecule has 0 radical (unpaired) electrons. The fourth-order valence-electron chi connectivity index (χ4n) is 5.42. The van der Waals surface area contributed by atoms with Crippen molar-refractivity contribution in [2.75, 3.05) is 6.79 Å². The molecule has 164 valence electrons. The highest BCUT2D eigenvalue weighted by Gasteiger charge is 2.46. The van der Waals surface area contributed by atoms with E-state index in [0.717, 1.165) is 42.6 Å². The van der Waals surface area contributed by atoms with E-state index in [1.54, 1.807) is 0 Å². The molecule has 2 unspecified atom stereocenters. The number of carbonyl (C=O) groups is 2. The van der Waals surface area contributed by atoms with Crippen molar-refractivity contribution < 1.29 is 23.8 Å². The maximum atomic E-state index is 13.4. The highest BCUT2D eigenvalue weighted by molar-refractivity contribution is 5.96. The summed E-state index contributed by atoms with van der Waals surface area (Å²) < 4.78 is 16.9. The molecule has 2 atom stereocenters. The molecule has 0 bridgehead atoms. The number of nitrogens with one attached hydrogen (secondary N) is 1. The van der Waals surface area contributed by atoms with Gasteiger partial charge in [-0.05, 0) is 55.7 Å². The van der Waals surface area contributed by atoms with Crippen LogP contribution in [0.5, 0.6) is 11.5 Å². The molecule has 5 rings (SSSR count). The lowest BCUT2D eigenvalue weighted by Crippen LogP contribution is -2.43. The monoisotopic (exact) mass is 423 g/mol. The van der Waals surface area contributed by atoms with Crippen LogP contribution < -0.4 is 14.8 Å². The molecule has 0 aromatic heterocycles. The van der Waals surface area contributed by atoms with Gasteiger partial charge in [-0.15, -0.1) is 0 Å². The van der Waals surface area contributed by atoms with Gasteiger partial charge in [-0.2, -0.15) is 0 Å². The standard InChI is InChI=1S/C25H29NO5/c1-14-21(24(28)31-16-6-4-5-7-16)22(15-8-9-19-20(10-15)30-13-29-19)23-17(26-14)11-25(2,3)12-18(23)27/h8-11,16,22-23,26H,4-7,12-13H2,1-3H3. The lowest BCUT2D eigenvalue weighted by atomic mass is 9.66. The van der Waals surface area contributed by atoms with E-state index in [-0.39, 0.29) is 30.1 Å². The largest absolute Gasteiger partial charge is 0.459 e. The van der Waals surface area contributed by atoms with Crippen LogP contribution in [0.4, 0.5) is 0 Å². The van der Waals surface area contributed by atoms with Crippen molar-refractivity contribution in [1.29, 1.82) is 0 Å². The van der Waals surface area contributed by atoms with Gasteiger partial charge in [0, 0.05) is 23.7 Å². The molecule has 0 spiro atoms. The molecule has 4 aliphatic rings. The first-order valence-corrected chi connectivity index (χ1v) is 11.2. The third-order valence-electron chi connectivity index (χ3n) is 6.79. The fourth-order valence-corrected chi connectivity index (χ4v) is 5.42. The third kappa shape index (κ3) is 3.62. The number of fused-ring (bicyclic) bond motifs is 2. The normalized spacial score (nSPS) is 26.9. The summed E-state index contributed by atoms with van der Waals surface area (Å²) in [5.41, 5.74) is 2.81. The topological polar surface area (TPSA) is 73.9 Å². The van der Waals surface area contributed by atoms with Crippen LogP contribution in [0, 0.1) is 11.3 Å². The van der Waals surface area contributed by atoms with Crippen LogP contribution in [0.15, 0.2) is 41.2 Å². The lowest BCUT2D eigenvalue weighted by Gasteiger charge is -2.41. The molecule has 2 aliphatic carbocycles. The molecular weight excluding hydrogens is 394 g/mol. The zero-order valence-corrected chi connectivity index (χ0v) is 18.3. The van der Waals surface area contributed by atoms with Crippen molar-refractivity contribution in [3.63, 3.8) is 0 Å². The number of benzene rings is 1. The van der Waals surface area contributed by atoms with E-state index < -0.39 is 11.8 Å². The number of esters is 1. The summed E-state index contributed by atoms with van der Waals surface area (Å²) in [7, 11) is 0. The minimum absolute atomic E-state index is 0.0388. The number of ether oxygens (including phenoxy) is 3. The van der Waals surface area contributed by atoms with Crippen molar-refractivity contribution in [3.8, 4) is 11.5 Å². The van der Waals surface area contributed by atoms with Crippen LogP contribution in [0.3, 0.4) is 0 Å². The number of rotatable bonds is 3. The van der Waals surface area contributed by atoms with E-state index in [0.29, 0.717) is 23.5 Å². The number of hydrogen-bond donors (Lipinski definition) is 1. The van der Waals surface area contributed by atoms with Gasteiger partial charge >= 0.3 is 5.97 Å². The van der Waals surface area contributed by atoms with Gasteiger partial charge in [-0.25, -0.2) is 4.79 Å². The maximum absolute atomic E-state index is 13.4. The number of allylic oxidation sites excluding steroid dienone is 3. The van der Waals surface area contributed by atoms with Gasteiger partial charge in [-0.1, -0.05) is 26.0 Å². The summed E-state index contributed by atoms with van der Waals surface area (Å²) in [6.07, 6.45) is 6.52. The first-order valence-electron chi connectivity index (χ1n) is 11.2. The summed E-state index contributed by atoms with van der Waals surface area (Å²) in [6.45, 7) is 6.20. The highest BCUT2D eigenvalue weighted by Crippen LogP contribution is 2.48. The summed E-state index contributed by atoms with van der Waals surface area (Å²) in [4.78, 5) is 26.8. The van der Waals surface area contributed by atoms with Crippen LogP contribution >= 0.6 is 0 Å². The van der Waals surface area contributed by atoms with Crippen molar-refractivity contribution in [3.05, 3.63) is 46.8 Å². The van der Waals surface area contributed by atoms with E-state index in [1.165, 1.54) is 0 Å². The number of hydrogen-bond acceptors (Lipinski definition) is 6. The summed E-state index contributed by atoms with van der Waals surface area (Å²) in [5, 5.41) is 3.38. The molecule has 1 aromatic carbocycles. The van der Waals surface area contributed by atoms with E-state index >= 15 is 0 Å². The molecule has 1 saturated carbocycles. The molecule has 6 nitrogen and oxygen atoms in total. The highest BCUT2D eigenvalue weighted by atomic mass is 16.7. The van der Waals surface area contributed by atoms with Crippen LogP contribution in [-0.4, -0.2) is 24.6 Å². The molecule has 6 heteroatoms. The zero-order valence-electron chi connectivity index (χ0n) is 18.3. The van der Waals surface area contributed by atoms with Gasteiger partial charge in [0.05, 0.1) is 11.5 Å². The summed E-state index contributed by atoms with van der Waals surface area (Å²) in [6, 6.07) is 5.69. The Bertz CT molecular complexity index is 999. The quantitative estimate of drug-likeness (QED) is 0.728.